The topological polar surface area (TPSA) is 64.1 Å². The molecule has 1 saturated carbocycles. The average Bonchev–Trinajstić information content (AvgIpc) is 2.79. The highest BCUT2D eigenvalue weighted by atomic mass is 32.1. The number of ether oxygens (including phenoxy) is 1. The number of amides is 1. The maximum absolute atomic E-state index is 12.2. The highest BCUT2D eigenvalue weighted by Gasteiger charge is 2.20. The third kappa shape index (κ3) is 3.39. The predicted octanol–water partition coefficient (Wildman–Crippen LogP) is 3.34. The van der Waals surface area contributed by atoms with Crippen molar-refractivity contribution in [2.24, 2.45) is 0 Å². The number of pyridine rings is 1. The summed E-state index contributed by atoms with van der Waals surface area (Å²) in [4.78, 5) is 20.7. The molecule has 0 saturated heterocycles. The quantitative estimate of drug-likeness (QED) is 0.941. The number of rotatable bonds is 4. The number of nitrogens with one attached hydrogen (secondary N) is 1. The molecule has 0 spiro atoms. The van der Waals surface area contributed by atoms with E-state index < -0.39 is 0 Å². The third-order valence-corrected chi connectivity index (χ3v) is 4.23. The van der Waals surface area contributed by atoms with Crippen molar-refractivity contribution in [3.8, 4) is 5.75 Å². The van der Waals surface area contributed by atoms with Gasteiger partial charge in [-0.1, -0.05) is 0 Å². The largest absolute Gasteiger partial charge is 0.490 e. The van der Waals surface area contributed by atoms with Crippen LogP contribution >= 0.6 is 11.3 Å². The number of thiazole rings is 1. The van der Waals surface area contributed by atoms with E-state index in [0.717, 1.165) is 24.2 Å². The molecule has 5 nitrogen and oxygen atoms in total. The van der Waals surface area contributed by atoms with Crippen molar-refractivity contribution in [3.05, 3.63) is 34.6 Å². The van der Waals surface area contributed by atoms with E-state index in [1.165, 1.54) is 17.8 Å². The monoisotopic (exact) mass is 303 g/mol. The second-order valence-electron chi connectivity index (χ2n) is 5.25. The van der Waals surface area contributed by atoms with Crippen LogP contribution in [0.5, 0.6) is 5.75 Å². The fraction of sp³-hybridized carbons (Fsp3) is 0.400. The highest BCUT2D eigenvalue weighted by molar-refractivity contribution is 7.13. The van der Waals surface area contributed by atoms with E-state index in [2.05, 4.69) is 15.3 Å². The molecule has 2 aromatic rings. The Kier molecular flexibility index (Phi) is 3.88. The lowest BCUT2D eigenvalue weighted by atomic mass is 9.96. The van der Waals surface area contributed by atoms with Gasteiger partial charge >= 0.3 is 0 Å². The summed E-state index contributed by atoms with van der Waals surface area (Å²) in [6.45, 7) is 3.75. The smallest absolute Gasteiger partial charge is 0.276 e. The van der Waals surface area contributed by atoms with Crippen LogP contribution in [0.15, 0.2) is 17.5 Å². The average molecular weight is 303 g/mol. The molecule has 1 fully saturated rings. The zero-order valence-electron chi connectivity index (χ0n) is 12.0. The van der Waals surface area contributed by atoms with Gasteiger partial charge in [-0.05, 0) is 33.1 Å². The molecule has 0 radical (unpaired) electrons. The van der Waals surface area contributed by atoms with Crippen LogP contribution in [-0.2, 0) is 0 Å². The molecular formula is C15H17N3O2S. The number of aromatic nitrogens is 2. The second kappa shape index (κ2) is 5.81. The van der Waals surface area contributed by atoms with Crippen molar-refractivity contribution < 1.29 is 9.53 Å². The number of hydrogen-bond acceptors (Lipinski definition) is 5. The summed E-state index contributed by atoms with van der Waals surface area (Å²) < 4.78 is 5.84. The van der Waals surface area contributed by atoms with E-state index in [4.69, 9.17) is 4.74 Å². The molecule has 1 aliphatic rings. The second-order valence-corrected chi connectivity index (χ2v) is 6.11. The Morgan fingerprint density at radius 1 is 1.29 bits per heavy atom. The summed E-state index contributed by atoms with van der Waals surface area (Å²) in [5.74, 6) is 0.458. The van der Waals surface area contributed by atoms with E-state index in [1.807, 2.05) is 25.3 Å². The van der Waals surface area contributed by atoms with Crippen LogP contribution in [0.1, 0.15) is 41.1 Å². The van der Waals surface area contributed by atoms with Crippen LogP contribution < -0.4 is 10.1 Å². The van der Waals surface area contributed by atoms with Crippen LogP contribution in [0.2, 0.25) is 0 Å². The van der Waals surface area contributed by atoms with Crippen LogP contribution in [0.4, 0.5) is 5.13 Å². The lowest BCUT2D eigenvalue weighted by Crippen LogP contribution is -2.25. The number of nitrogens with zero attached hydrogens (tertiary/aromatic N) is 2. The molecule has 3 rings (SSSR count). The molecule has 21 heavy (non-hydrogen) atoms. The molecule has 1 aliphatic carbocycles. The first-order valence-electron chi connectivity index (χ1n) is 6.99. The van der Waals surface area contributed by atoms with Crippen molar-refractivity contribution in [1.29, 1.82) is 0 Å². The highest BCUT2D eigenvalue weighted by Crippen LogP contribution is 2.26. The molecule has 6 heteroatoms. The lowest BCUT2D eigenvalue weighted by molar-refractivity contribution is 0.101. The van der Waals surface area contributed by atoms with Crippen LogP contribution in [-0.4, -0.2) is 22.0 Å². The number of aryl methyl sites for hydroxylation is 2. The van der Waals surface area contributed by atoms with E-state index >= 15 is 0 Å². The Bertz CT molecular complexity index is 665. The normalized spacial score (nSPS) is 14.6. The van der Waals surface area contributed by atoms with Crippen molar-refractivity contribution in [2.75, 3.05) is 5.32 Å². The first-order valence-corrected chi connectivity index (χ1v) is 7.87. The molecule has 110 valence electrons. The summed E-state index contributed by atoms with van der Waals surface area (Å²) in [6.07, 6.45) is 3.66. The van der Waals surface area contributed by atoms with Crippen molar-refractivity contribution >= 4 is 22.4 Å². The van der Waals surface area contributed by atoms with E-state index in [-0.39, 0.29) is 12.0 Å². The Hall–Kier alpha value is -1.95. The van der Waals surface area contributed by atoms with Gasteiger partial charge in [-0.15, -0.1) is 11.3 Å². The predicted molar refractivity (Wildman–Crippen MR) is 82.0 cm³/mol. The lowest BCUT2D eigenvalue weighted by Gasteiger charge is -2.26. The van der Waals surface area contributed by atoms with Gasteiger partial charge in [0.05, 0.1) is 11.8 Å². The standard InChI is InChI=1S/C15H17N3O2S/c1-9-6-12(20-11-4-3-5-11)7-13(16-9)14(19)18-15-17-10(2)8-21-15/h6-8,11H,3-5H2,1-2H3,(H,17,18,19). The number of carbonyl (C=O) groups is 1. The maximum atomic E-state index is 12.2. The Labute approximate surface area is 127 Å². The first-order chi connectivity index (χ1) is 10.1. The maximum Gasteiger partial charge on any atom is 0.276 e. The molecule has 1 N–H and O–H groups in total. The SMILES string of the molecule is Cc1cc(OC2CCC2)cc(C(=O)Nc2nc(C)cs2)n1. The summed E-state index contributed by atoms with van der Waals surface area (Å²) >= 11 is 1.40. The van der Waals surface area contributed by atoms with Crippen LogP contribution in [0, 0.1) is 13.8 Å². The minimum atomic E-state index is -0.258. The van der Waals surface area contributed by atoms with Gasteiger partial charge in [0.25, 0.3) is 5.91 Å². The molecule has 0 aliphatic heterocycles. The van der Waals surface area contributed by atoms with Crippen molar-refractivity contribution in [1.82, 2.24) is 9.97 Å². The number of anilines is 1. The molecule has 1 amide bonds. The first kappa shape index (κ1) is 14.0. The minimum Gasteiger partial charge on any atom is -0.490 e. The third-order valence-electron chi connectivity index (χ3n) is 3.35. The molecule has 2 aromatic heterocycles. The summed E-state index contributed by atoms with van der Waals surface area (Å²) in [7, 11) is 0. The van der Waals surface area contributed by atoms with Crippen molar-refractivity contribution in [3.63, 3.8) is 0 Å². The zero-order chi connectivity index (χ0) is 14.8. The van der Waals surface area contributed by atoms with Crippen LogP contribution in [0.25, 0.3) is 0 Å². The molecule has 0 bridgehead atoms. The molecule has 0 unspecified atom stereocenters. The van der Waals surface area contributed by atoms with Gasteiger partial charge < -0.3 is 4.74 Å². The fourth-order valence-electron chi connectivity index (χ4n) is 2.07. The molecule has 0 aromatic carbocycles. The summed E-state index contributed by atoms with van der Waals surface area (Å²) in [5.41, 5.74) is 2.02. The van der Waals surface area contributed by atoms with Gasteiger partial charge in [0, 0.05) is 23.2 Å². The van der Waals surface area contributed by atoms with E-state index in [1.54, 1.807) is 6.07 Å². The van der Waals surface area contributed by atoms with Gasteiger partial charge in [-0.3, -0.25) is 10.1 Å². The van der Waals surface area contributed by atoms with Gasteiger partial charge in [-0.25, -0.2) is 9.97 Å². The number of carbonyl (C=O) groups excluding carboxylic acids is 1. The van der Waals surface area contributed by atoms with Crippen molar-refractivity contribution in [2.45, 2.75) is 39.2 Å². The minimum absolute atomic E-state index is 0.258. The molecular weight excluding hydrogens is 286 g/mol. The van der Waals surface area contributed by atoms with Gasteiger partial charge in [0.15, 0.2) is 5.13 Å². The summed E-state index contributed by atoms with van der Waals surface area (Å²) in [5, 5.41) is 5.24. The number of hydrogen-bond donors (Lipinski definition) is 1. The van der Waals surface area contributed by atoms with Crippen LogP contribution in [0.3, 0.4) is 0 Å². The van der Waals surface area contributed by atoms with Gasteiger partial charge in [-0.2, -0.15) is 0 Å². The van der Waals surface area contributed by atoms with E-state index in [9.17, 15) is 4.79 Å². The summed E-state index contributed by atoms with van der Waals surface area (Å²) in [6, 6.07) is 3.56. The zero-order valence-corrected chi connectivity index (χ0v) is 12.9. The Morgan fingerprint density at radius 2 is 2.10 bits per heavy atom. The van der Waals surface area contributed by atoms with Gasteiger partial charge in [0.1, 0.15) is 11.4 Å². The fourth-order valence-corrected chi connectivity index (χ4v) is 2.76. The Morgan fingerprint density at radius 3 is 2.71 bits per heavy atom. The van der Waals surface area contributed by atoms with E-state index in [0.29, 0.717) is 16.6 Å². The molecule has 0 atom stereocenters. The molecule has 2 heterocycles. The van der Waals surface area contributed by atoms with Gasteiger partial charge in [0.2, 0.25) is 0 Å². The Balaban J connectivity index is 1.75.